The summed E-state index contributed by atoms with van der Waals surface area (Å²) < 4.78 is 0. The van der Waals surface area contributed by atoms with Gasteiger partial charge in [-0.25, -0.2) is 0 Å². The number of benzene rings is 1. The molecule has 1 unspecified atom stereocenters. The van der Waals surface area contributed by atoms with Crippen LogP contribution in [0.25, 0.3) is 0 Å². The van der Waals surface area contributed by atoms with E-state index in [-0.39, 0.29) is 5.54 Å². The predicted molar refractivity (Wildman–Crippen MR) is 93.2 cm³/mol. The van der Waals surface area contributed by atoms with Gasteiger partial charge in [0.05, 0.1) is 10.7 Å². The fraction of sp³-hybridized carbons (Fsp3) is 0.667. The van der Waals surface area contributed by atoms with Crippen molar-refractivity contribution in [1.82, 2.24) is 5.32 Å². The van der Waals surface area contributed by atoms with E-state index >= 15 is 0 Å². The van der Waals surface area contributed by atoms with Crippen molar-refractivity contribution < 1.29 is 0 Å². The van der Waals surface area contributed by atoms with Crippen LogP contribution in [-0.2, 0) is 6.54 Å². The topological polar surface area (TPSA) is 15.3 Å². The largest absolute Gasteiger partial charge is 0.370 e. The molecule has 118 valence electrons. The van der Waals surface area contributed by atoms with Gasteiger partial charge < -0.3 is 10.2 Å². The van der Waals surface area contributed by atoms with Crippen molar-refractivity contribution in [2.75, 3.05) is 18.0 Å². The first-order chi connectivity index (χ1) is 9.76. The highest BCUT2D eigenvalue weighted by Crippen LogP contribution is 2.33. The molecule has 1 aliphatic rings. The Hall–Kier alpha value is -0.730. The maximum Gasteiger partial charge on any atom is 0.0642 e. The Labute approximate surface area is 134 Å². The van der Waals surface area contributed by atoms with Crippen LogP contribution in [-0.4, -0.2) is 18.6 Å². The van der Waals surface area contributed by atoms with Gasteiger partial charge in [-0.2, -0.15) is 0 Å². The average molecular weight is 309 g/mol. The molecule has 1 aromatic rings. The van der Waals surface area contributed by atoms with Crippen LogP contribution in [0.15, 0.2) is 18.2 Å². The Morgan fingerprint density at radius 2 is 2.05 bits per heavy atom. The summed E-state index contributed by atoms with van der Waals surface area (Å²) >= 11 is 6.52. The lowest BCUT2D eigenvalue weighted by Gasteiger charge is -2.23. The quantitative estimate of drug-likeness (QED) is 0.866. The Kier molecular flexibility index (Phi) is 5.21. The highest BCUT2D eigenvalue weighted by molar-refractivity contribution is 6.33. The van der Waals surface area contributed by atoms with E-state index in [4.69, 9.17) is 11.6 Å². The van der Waals surface area contributed by atoms with E-state index in [1.165, 1.54) is 17.7 Å². The number of halogens is 1. The molecule has 1 aliphatic heterocycles. The molecule has 1 fully saturated rings. The van der Waals surface area contributed by atoms with Crippen LogP contribution in [0.5, 0.6) is 0 Å². The number of nitrogens with one attached hydrogen (secondary N) is 1. The third kappa shape index (κ3) is 4.62. The third-order valence-electron chi connectivity index (χ3n) is 4.34. The normalized spacial score (nSPS) is 19.6. The highest BCUT2D eigenvalue weighted by Gasteiger charge is 2.26. The van der Waals surface area contributed by atoms with Gasteiger partial charge in [0.15, 0.2) is 0 Å². The van der Waals surface area contributed by atoms with Crippen LogP contribution in [0.4, 0.5) is 5.69 Å². The first-order valence-corrected chi connectivity index (χ1v) is 8.42. The number of rotatable bonds is 4. The molecule has 0 bridgehead atoms. The van der Waals surface area contributed by atoms with E-state index in [9.17, 15) is 0 Å². The lowest BCUT2D eigenvalue weighted by Crippen LogP contribution is -2.35. The lowest BCUT2D eigenvalue weighted by molar-refractivity contribution is 0.422. The van der Waals surface area contributed by atoms with E-state index < -0.39 is 0 Å². The summed E-state index contributed by atoms with van der Waals surface area (Å²) in [5.41, 5.74) is 2.57. The molecule has 2 rings (SSSR count). The minimum absolute atomic E-state index is 0.130. The summed E-state index contributed by atoms with van der Waals surface area (Å²) in [6.45, 7) is 14.3. The van der Waals surface area contributed by atoms with Crippen LogP contribution in [0.1, 0.15) is 46.6 Å². The molecule has 0 aromatic heterocycles. The number of hydrogen-bond donors (Lipinski definition) is 1. The lowest BCUT2D eigenvalue weighted by atomic mass is 9.95. The minimum Gasteiger partial charge on any atom is -0.370 e. The van der Waals surface area contributed by atoms with Gasteiger partial charge in [-0.1, -0.05) is 31.5 Å². The van der Waals surface area contributed by atoms with E-state index in [1.54, 1.807) is 0 Å². The molecule has 2 nitrogen and oxygen atoms in total. The molecule has 3 heteroatoms. The molecule has 1 N–H and O–H groups in total. The van der Waals surface area contributed by atoms with Gasteiger partial charge in [0.25, 0.3) is 0 Å². The minimum atomic E-state index is 0.130. The second-order valence-electron chi connectivity index (χ2n) is 7.63. The molecule has 21 heavy (non-hydrogen) atoms. The number of anilines is 1. The van der Waals surface area contributed by atoms with Gasteiger partial charge in [0.2, 0.25) is 0 Å². The van der Waals surface area contributed by atoms with Gasteiger partial charge in [-0.3, -0.25) is 0 Å². The molecule has 0 amide bonds. The second-order valence-corrected chi connectivity index (χ2v) is 8.04. The van der Waals surface area contributed by atoms with Crippen LogP contribution >= 0.6 is 11.6 Å². The van der Waals surface area contributed by atoms with Crippen molar-refractivity contribution in [3.63, 3.8) is 0 Å². The van der Waals surface area contributed by atoms with Crippen LogP contribution in [0.2, 0.25) is 5.02 Å². The summed E-state index contributed by atoms with van der Waals surface area (Å²) in [7, 11) is 0. The van der Waals surface area contributed by atoms with Gasteiger partial charge in [-0.15, -0.1) is 0 Å². The third-order valence-corrected chi connectivity index (χ3v) is 4.65. The van der Waals surface area contributed by atoms with Crippen molar-refractivity contribution in [3.8, 4) is 0 Å². The monoisotopic (exact) mass is 308 g/mol. The molecular formula is C18H29ClN2. The van der Waals surface area contributed by atoms with Crippen molar-refractivity contribution in [3.05, 3.63) is 28.8 Å². The van der Waals surface area contributed by atoms with E-state index in [0.29, 0.717) is 0 Å². The second kappa shape index (κ2) is 6.58. The molecule has 0 spiro atoms. The van der Waals surface area contributed by atoms with Crippen LogP contribution < -0.4 is 10.2 Å². The van der Waals surface area contributed by atoms with E-state index in [1.807, 2.05) is 0 Å². The maximum atomic E-state index is 6.52. The molecule has 0 saturated carbocycles. The first kappa shape index (κ1) is 16.6. The zero-order valence-corrected chi connectivity index (χ0v) is 14.8. The summed E-state index contributed by atoms with van der Waals surface area (Å²) in [5, 5.41) is 4.39. The average Bonchev–Trinajstić information content (AvgIpc) is 2.85. The van der Waals surface area contributed by atoms with Crippen molar-refractivity contribution in [2.24, 2.45) is 11.8 Å². The van der Waals surface area contributed by atoms with Crippen molar-refractivity contribution >= 4 is 17.3 Å². The van der Waals surface area contributed by atoms with Crippen LogP contribution in [0.3, 0.4) is 0 Å². The van der Waals surface area contributed by atoms with E-state index in [0.717, 1.165) is 36.5 Å². The Morgan fingerprint density at radius 1 is 1.33 bits per heavy atom. The SMILES string of the molecule is CC(C)C1CCN(c2ccc(CNC(C)(C)C)cc2Cl)C1. The summed E-state index contributed by atoms with van der Waals surface area (Å²) in [6.07, 6.45) is 1.28. The molecule has 1 heterocycles. The number of nitrogens with zero attached hydrogens (tertiary/aromatic N) is 1. The zero-order valence-electron chi connectivity index (χ0n) is 14.0. The van der Waals surface area contributed by atoms with Gasteiger partial charge in [0, 0.05) is 25.2 Å². The Balaban J connectivity index is 2.03. The molecule has 0 aliphatic carbocycles. The molecular weight excluding hydrogens is 280 g/mol. The fourth-order valence-electron chi connectivity index (χ4n) is 2.83. The molecule has 1 aromatic carbocycles. The van der Waals surface area contributed by atoms with Crippen molar-refractivity contribution in [2.45, 2.75) is 53.1 Å². The summed E-state index contributed by atoms with van der Waals surface area (Å²) in [6, 6.07) is 6.49. The predicted octanol–water partition coefficient (Wildman–Crippen LogP) is 4.71. The zero-order chi connectivity index (χ0) is 15.6. The number of hydrogen-bond acceptors (Lipinski definition) is 2. The summed E-state index contributed by atoms with van der Waals surface area (Å²) in [4.78, 5) is 2.44. The van der Waals surface area contributed by atoms with Gasteiger partial charge in [0.1, 0.15) is 0 Å². The smallest absolute Gasteiger partial charge is 0.0642 e. The molecule has 0 radical (unpaired) electrons. The molecule has 1 atom stereocenters. The standard InChI is InChI=1S/C18H29ClN2/c1-13(2)15-8-9-21(12-15)17-7-6-14(10-16(17)19)11-20-18(3,4)5/h6-7,10,13,15,20H,8-9,11-12H2,1-5H3. The maximum absolute atomic E-state index is 6.52. The molecule has 1 saturated heterocycles. The first-order valence-electron chi connectivity index (χ1n) is 8.04. The highest BCUT2D eigenvalue weighted by atomic mass is 35.5. The fourth-order valence-corrected chi connectivity index (χ4v) is 3.16. The Morgan fingerprint density at radius 3 is 2.57 bits per heavy atom. The van der Waals surface area contributed by atoms with E-state index in [2.05, 4.69) is 63.0 Å². The van der Waals surface area contributed by atoms with Crippen LogP contribution in [0, 0.1) is 11.8 Å². The summed E-state index contributed by atoms with van der Waals surface area (Å²) in [5.74, 6) is 1.55. The van der Waals surface area contributed by atoms with Crippen molar-refractivity contribution in [1.29, 1.82) is 0 Å². The Bertz CT molecular complexity index is 477. The van der Waals surface area contributed by atoms with Gasteiger partial charge in [-0.05, 0) is 56.7 Å². The van der Waals surface area contributed by atoms with Gasteiger partial charge >= 0.3 is 0 Å².